The van der Waals surface area contributed by atoms with Gasteiger partial charge in [0, 0.05) is 24.9 Å². The van der Waals surface area contributed by atoms with Crippen LogP contribution in [0.15, 0.2) is 59.4 Å². The van der Waals surface area contributed by atoms with E-state index in [0.717, 1.165) is 23.5 Å². The lowest BCUT2D eigenvalue weighted by molar-refractivity contribution is -0.121. The highest BCUT2D eigenvalue weighted by Crippen LogP contribution is 2.27. The van der Waals surface area contributed by atoms with E-state index in [1.54, 1.807) is 0 Å². The van der Waals surface area contributed by atoms with Crippen molar-refractivity contribution in [3.63, 3.8) is 0 Å². The predicted octanol–water partition coefficient (Wildman–Crippen LogP) is 3.26. The number of hydrogen-bond acceptors (Lipinski definition) is 5. The average Bonchev–Trinajstić information content (AvgIpc) is 2.77. The van der Waals surface area contributed by atoms with Crippen LogP contribution in [0.1, 0.15) is 36.9 Å². The zero-order valence-electron chi connectivity index (χ0n) is 17.3. The smallest absolute Gasteiger partial charge is 0.273 e. The van der Waals surface area contributed by atoms with Crippen molar-refractivity contribution in [2.45, 2.75) is 38.6 Å². The Bertz CT molecular complexity index is 1060. The maximum Gasteiger partial charge on any atom is 0.273 e. The van der Waals surface area contributed by atoms with Crippen LogP contribution in [-0.2, 0) is 17.8 Å². The Labute approximate surface area is 180 Å². The molecule has 160 valence electrons. The van der Waals surface area contributed by atoms with Gasteiger partial charge in [0.15, 0.2) is 5.82 Å². The first-order valence-electron chi connectivity index (χ1n) is 10.7. The monoisotopic (exact) mass is 418 g/mol. The molecule has 1 aliphatic rings. The standard InChI is InChI=1S/C24H26N4O3/c29-22(25-15-17-5-2-1-3-6-17)14-13-21-24(30)26-23(28-27-21)19-9-11-20(12-10-19)31-16-18-7-4-8-18/h1-3,5-6,9-12,18H,4,7-8,13-16H2,(H,25,29)(H,26,28,30). The Hall–Kier alpha value is -3.48. The Balaban J connectivity index is 1.29. The summed E-state index contributed by atoms with van der Waals surface area (Å²) in [6.45, 7) is 1.21. The molecule has 7 nitrogen and oxygen atoms in total. The number of aryl methyl sites for hydroxylation is 1. The van der Waals surface area contributed by atoms with Gasteiger partial charge >= 0.3 is 0 Å². The molecule has 0 atom stereocenters. The number of ether oxygens (including phenoxy) is 1. The molecule has 0 bridgehead atoms. The van der Waals surface area contributed by atoms with E-state index in [9.17, 15) is 9.59 Å². The highest BCUT2D eigenvalue weighted by Gasteiger charge is 2.17. The van der Waals surface area contributed by atoms with Crippen LogP contribution in [0.3, 0.4) is 0 Å². The highest BCUT2D eigenvalue weighted by atomic mass is 16.5. The second kappa shape index (κ2) is 10.0. The lowest BCUT2D eigenvalue weighted by Crippen LogP contribution is -2.25. The molecule has 3 aromatic rings. The third kappa shape index (κ3) is 5.78. The van der Waals surface area contributed by atoms with E-state index < -0.39 is 0 Å². The van der Waals surface area contributed by atoms with Crippen molar-refractivity contribution in [1.82, 2.24) is 20.5 Å². The molecule has 2 aromatic carbocycles. The molecular weight excluding hydrogens is 392 g/mol. The van der Waals surface area contributed by atoms with Crippen molar-refractivity contribution in [1.29, 1.82) is 0 Å². The zero-order valence-corrected chi connectivity index (χ0v) is 17.3. The van der Waals surface area contributed by atoms with Gasteiger partial charge in [0.2, 0.25) is 5.91 Å². The van der Waals surface area contributed by atoms with Crippen LogP contribution in [0.4, 0.5) is 0 Å². The van der Waals surface area contributed by atoms with E-state index in [1.807, 2.05) is 54.6 Å². The fourth-order valence-corrected chi connectivity index (χ4v) is 3.35. The summed E-state index contributed by atoms with van der Waals surface area (Å²) < 4.78 is 5.80. The minimum atomic E-state index is -0.328. The normalized spacial score (nSPS) is 13.4. The van der Waals surface area contributed by atoms with Gasteiger partial charge < -0.3 is 15.0 Å². The lowest BCUT2D eigenvalue weighted by atomic mass is 9.86. The molecule has 0 spiro atoms. The number of benzene rings is 2. The van der Waals surface area contributed by atoms with E-state index in [1.165, 1.54) is 19.3 Å². The molecular formula is C24H26N4O3. The summed E-state index contributed by atoms with van der Waals surface area (Å²) >= 11 is 0. The van der Waals surface area contributed by atoms with E-state index >= 15 is 0 Å². The van der Waals surface area contributed by atoms with E-state index in [0.29, 0.717) is 18.3 Å². The molecule has 0 saturated heterocycles. The van der Waals surface area contributed by atoms with Crippen molar-refractivity contribution in [3.8, 4) is 17.1 Å². The molecule has 1 heterocycles. The number of nitrogens with one attached hydrogen (secondary N) is 2. The molecule has 1 amide bonds. The Morgan fingerprint density at radius 3 is 2.52 bits per heavy atom. The molecule has 0 unspecified atom stereocenters. The molecule has 0 aliphatic heterocycles. The number of amides is 1. The second-order valence-corrected chi connectivity index (χ2v) is 7.84. The van der Waals surface area contributed by atoms with Crippen LogP contribution in [0.5, 0.6) is 5.75 Å². The molecule has 1 fully saturated rings. The Morgan fingerprint density at radius 1 is 1.06 bits per heavy atom. The fourth-order valence-electron chi connectivity index (χ4n) is 3.35. The number of nitrogens with zero attached hydrogens (tertiary/aromatic N) is 2. The van der Waals surface area contributed by atoms with Crippen LogP contribution in [-0.4, -0.2) is 27.7 Å². The topological polar surface area (TPSA) is 97.0 Å². The van der Waals surface area contributed by atoms with Gasteiger partial charge in [0.1, 0.15) is 11.4 Å². The van der Waals surface area contributed by atoms with Crippen molar-refractivity contribution < 1.29 is 9.53 Å². The van der Waals surface area contributed by atoms with Gasteiger partial charge in [0.25, 0.3) is 5.56 Å². The summed E-state index contributed by atoms with van der Waals surface area (Å²) in [6.07, 6.45) is 4.20. The van der Waals surface area contributed by atoms with Gasteiger partial charge in [-0.05, 0) is 48.6 Å². The first-order valence-corrected chi connectivity index (χ1v) is 10.7. The summed E-state index contributed by atoms with van der Waals surface area (Å²) in [5, 5.41) is 11.0. The minimum absolute atomic E-state index is 0.133. The van der Waals surface area contributed by atoms with Crippen LogP contribution in [0, 0.1) is 5.92 Å². The van der Waals surface area contributed by atoms with Gasteiger partial charge in [-0.15, -0.1) is 10.2 Å². The predicted molar refractivity (Wildman–Crippen MR) is 118 cm³/mol. The van der Waals surface area contributed by atoms with E-state index in [4.69, 9.17) is 4.74 Å². The summed E-state index contributed by atoms with van der Waals surface area (Å²) in [4.78, 5) is 27.2. The maximum absolute atomic E-state index is 12.4. The first-order chi connectivity index (χ1) is 15.2. The molecule has 2 N–H and O–H groups in total. The summed E-state index contributed by atoms with van der Waals surface area (Å²) in [5.74, 6) is 1.75. The minimum Gasteiger partial charge on any atom is -0.493 e. The number of aromatic nitrogens is 3. The third-order valence-corrected chi connectivity index (χ3v) is 5.52. The highest BCUT2D eigenvalue weighted by molar-refractivity contribution is 5.76. The number of aromatic amines is 1. The van der Waals surface area contributed by atoms with Crippen molar-refractivity contribution in [2.75, 3.05) is 6.61 Å². The fraction of sp³-hybridized carbons (Fsp3) is 0.333. The molecule has 4 rings (SSSR count). The Morgan fingerprint density at radius 2 is 1.84 bits per heavy atom. The zero-order chi connectivity index (χ0) is 21.5. The van der Waals surface area contributed by atoms with Crippen LogP contribution in [0.2, 0.25) is 0 Å². The number of hydrogen-bond donors (Lipinski definition) is 2. The van der Waals surface area contributed by atoms with Gasteiger partial charge in [-0.1, -0.05) is 36.8 Å². The summed E-state index contributed by atoms with van der Waals surface area (Å²) in [7, 11) is 0. The van der Waals surface area contributed by atoms with E-state index in [2.05, 4.69) is 20.5 Å². The Kier molecular flexibility index (Phi) is 6.72. The number of carbonyl (C=O) groups excluding carboxylic acids is 1. The van der Waals surface area contributed by atoms with Crippen LogP contribution < -0.4 is 15.6 Å². The maximum atomic E-state index is 12.4. The van der Waals surface area contributed by atoms with E-state index in [-0.39, 0.29) is 30.0 Å². The number of H-pyrrole nitrogens is 1. The molecule has 7 heteroatoms. The number of rotatable bonds is 9. The molecule has 31 heavy (non-hydrogen) atoms. The molecule has 0 radical (unpaired) electrons. The van der Waals surface area contributed by atoms with Crippen molar-refractivity contribution >= 4 is 5.91 Å². The van der Waals surface area contributed by atoms with Crippen LogP contribution >= 0.6 is 0 Å². The summed E-state index contributed by atoms with van der Waals surface area (Å²) in [6, 6.07) is 17.1. The summed E-state index contributed by atoms with van der Waals surface area (Å²) in [5.41, 5.74) is 1.70. The average molecular weight is 418 g/mol. The van der Waals surface area contributed by atoms with Gasteiger partial charge in [0.05, 0.1) is 6.61 Å². The first kappa shape index (κ1) is 20.8. The quantitative estimate of drug-likeness (QED) is 0.556. The van der Waals surface area contributed by atoms with Gasteiger partial charge in [-0.25, -0.2) is 0 Å². The van der Waals surface area contributed by atoms with Gasteiger partial charge in [-0.2, -0.15) is 0 Å². The number of carbonyl (C=O) groups is 1. The van der Waals surface area contributed by atoms with Crippen molar-refractivity contribution in [3.05, 3.63) is 76.2 Å². The molecule has 1 saturated carbocycles. The van der Waals surface area contributed by atoms with Crippen molar-refractivity contribution in [2.24, 2.45) is 5.92 Å². The van der Waals surface area contributed by atoms with Crippen LogP contribution in [0.25, 0.3) is 11.4 Å². The lowest BCUT2D eigenvalue weighted by Gasteiger charge is -2.25. The third-order valence-electron chi connectivity index (χ3n) is 5.52. The SMILES string of the molecule is O=C(CCc1nnc(-c2ccc(OCC3CCC3)cc2)[nH]c1=O)NCc1ccccc1. The second-order valence-electron chi connectivity index (χ2n) is 7.84. The molecule has 1 aromatic heterocycles. The largest absolute Gasteiger partial charge is 0.493 e. The van der Waals surface area contributed by atoms with Gasteiger partial charge in [-0.3, -0.25) is 9.59 Å². The molecule has 1 aliphatic carbocycles.